The molecule has 0 bridgehead atoms. The zero-order valence-electron chi connectivity index (χ0n) is 12.4. The average Bonchev–Trinajstić information content (AvgIpc) is 2.88. The molecule has 1 aromatic rings. The monoisotopic (exact) mass is 337 g/mol. The van der Waals surface area contributed by atoms with E-state index >= 15 is 0 Å². The minimum Gasteiger partial charge on any atom is -0.356 e. The standard InChI is InChI=1S/C17H24BrNO/c1-12-6-7-14(8-13(12)2)9-17(20)19-11-16-5-3-4-15(16)10-18/h6-8,15-16H,3-5,9-11H2,1-2H3,(H,19,20). The second kappa shape index (κ2) is 7.26. The van der Waals surface area contributed by atoms with Crippen molar-refractivity contribution >= 4 is 21.8 Å². The van der Waals surface area contributed by atoms with Crippen LogP contribution in [-0.2, 0) is 11.2 Å². The number of nitrogens with one attached hydrogen (secondary N) is 1. The predicted octanol–water partition coefficient (Wildman–Crippen LogP) is 3.77. The first-order valence-electron chi connectivity index (χ1n) is 7.49. The molecular weight excluding hydrogens is 314 g/mol. The minimum atomic E-state index is 0.147. The first kappa shape index (κ1) is 15.6. The van der Waals surface area contributed by atoms with Crippen LogP contribution >= 0.6 is 15.9 Å². The second-order valence-electron chi connectivity index (χ2n) is 6.00. The number of hydrogen-bond donors (Lipinski definition) is 1. The van der Waals surface area contributed by atoms with Crippen LogP contribution in [-0.4, -0.2) is 17.8 Å². The van der Waals surface area contributed by atoms with Gasteiger partial charge in [0.05, 0.1) is 6.42 Å². The van der Waals surface area contributed by atoms with Gasteiger partial charge in [0.1, 0.15) is 0 Å². The minimum absolute atomic E-state index is 0.147. The summed E-state index contributed by atoms with van der Waals surface area (Å²) in [6, 6.07) is 6.26. The zero-order chi connectivity index (χ0) is 14.5. The quantitative estimate of drug-likeness (QED) is 0.814. The molecule has 2 atom stereocenters. The fourth-order valence-corrected chi connectivity index (χ4v) is 3.84. The van der Waals surface area contributed by atoms with Crippen LogP contribution in [0.2, 0.25) is 0 Å². The van der Waals surface area contributed by atoms with Crippen LogP contribution < -0.4 is 5.32 Å². The average molecular weight is 338 g/mol. The molecule has 1 aromatic carbocycles. The van der Waals surface area contributed by atoms with Crippen molar-refractivity contribution in [1.29, 1.82) is 0 Å². The van der Waals surface area contributed by atoms with Gasteiger partial charge in [0.2, 0.25) is 5.91 Å². The molecule has 1 fully saturated rings. The van der Waals surface area contributed by atoms with Crippen molar-refractivity contribution in [3.05, 3.63) is 34.9 Å². The molecule has 2 rings (SSSR count). The lowest BCUT2D eigenvalue weighted by Crippen LogP contribution is -2.32. The summed E-state index contributed by atoms with van der Waals surface area (Å²) >= 11 is 3.58. The SMILES string of the molecule is Cc1ccc(CC(=O)NCC2CCCC2CBr)cc1C. The lowest BCUT2D eigenvalue weighted by atomic mass is 9.98. The van der Waals surface area contributed by atoms with Gasteiger partial charge in [0, 0.05) is 11.9 Å². The highest BCUT2D eigenvalue weighted by molar-refractivity contribution is 9.09. The number of rotatable bonds is 5. The van der Waals surface area contributed by atoms with Crippen molar-refractivity contribution in [3.8, 4) is 0 Å². The summed E-state index contributed by atoms with van der Waals surface area (Å²) < 4.78 is 0. The molecule has 0 heterocycles. The third-order valence-electron chi connectivity index (χ3n) is 4.51. The van der Waals surface area contributed by atoms with E-state index in [0.717, 1.165) is 23.4 Å². The lowest BCUT2D eigenvalue weighted by Gasteiger charge is -2.17. The molecule has 0 saturated heterocycles. The van der Waals surface area contributed by atoms with E-state index in [0.29, 0.717) is 12.3 Å². The maximum absolute atomic E-state index is 12.0. The number of amides is 1. The molecule has 2 nitrogen and oxygen atoms in total. The van der Waals surface area contributed by atoms with E-state index in [2.05, 4.69) is 53.3 Å². The van der Waals surface area contributed by atoms with Gasteiger partial charge < -0.3 is 5.32 Å². The van der Waals surface area contributed by atoms with Gasteiger partial charge in [0.15, 0.2) is 0 Å². The van der Waals surface area contributed by atoms with Crippen molar-refractivity contribution in [2.24, 2.45) is 11.8 Å². The smallest absolute Gasteiger partial charge is 0.224 e. The first-order chi connectivity index (χ1) is 9.60. The molecule has 110 valence electrons. The fraction of sp³-hybridized carbons (Fsp3) is 0.588. The molecule has 1 aliphatic carbocycles. The molecule has 1 aliphatic rings. The first-order valence-corrected chi connectivity index (χ1v) is 8.61. The van der Waals surface area contributed by atoms with Gasteiger partial charge in [-0.25, -0.2) is 0 Å². The van der Waals surface area contributed by atoms with E-state index in [1.54, 1.807) is 0 Å². The third-order valence-corrected chi connectivity index (χ3v) is 5.34. The van der Waals surface area contributed by atoms with E-state index in [1.165, 1.54) is 30.4 Å². The van der Waals surface area contributed by atoms with Gasteiger partial charge in [-0.2, -0.15) is 0 Å². The maximum atomic E-state index is 12.0. The largest absolute Gasteiger partial charge is 0.356 e. The Morgan fingerprint density at radius 2 is 2.00 bits per heavy atom. The van der Waals surface area contributed by atoms with E-state index in [1.807, 2.05) is 0 Å². The van der Waals surface area contributed by atoms with Crippen LogP contribution in [0.25, 0.3) is 0 Å². The summed E-state index contributed by atoms with van der Waals surface area (Å²) in [5, 5.41) is 4.17. The second-order valence-corrected chi connectivity index (χ2v) is 6.65. The summed E-state index contributed by atoms with van der Waals surface area (Å²) in [6.45, 7) is 5.02. The molecule has 1 N–H and O–H groups in total. The van der Waals surface area contributed by atoms with Gasteiger partial charge in [-0.1, -0.05) is 40.5 Å². The van der Waals surface area contributed by atoms with E-state index in [4.69, 9.17) is 0 Å². The number of alkyl halides is 1. The Bertz CT molecular complexity index is 472. The van der Waals surface area contributed by atoms with Crippen LogP contribution in [0.5, 0.6) is 0 Å². The van der Waals surface area contributed by atoms with Crippen molar-refractivity contribution < 1.29 is 4.79 Å². The summed E-state index contributed by atoms with van der Waals surface area (Å²) in [6.07, 6.45) is 4.34. The number of benzene rings is 1. The summed E-state index contributed by atoms with van der Waals surface area (Å²) in [7, 11) is 0. The Morgan fingerprint density at radius 1 is 1.25 bits per heavy atom. The Kier molecular flexibility index (Phi) is 5.64. The molecule has 0 aromatic heterocycles. The van der Waals surface area contributed by atoms with Gasteiger partial charge in [-0.15, -0.1) is 0 Å². The summed E-state index contributed by atoms with van der Waals surface area (Å²) in [5.41, 5.74) is 3.64. The maximum Gasteiger partial charge on any atom is 0.224 e. The third kappa shape index (κ3) is 4.08. The van der Waals surface area contributed by atoms with Crippen LogP contribution in [0.15, 0.2) is 18.2 Å². The Balaban J connectivity index is 1.81. The van der Waals surface area contributed by atoms with Crippen molar-refractivity contribution in [2.75, 3.05) is 11.9 Å². The molecule has 1 saturated carbocycles. The van der Waals surface area contributed by atoms with Gasteiger partial charge >= 0.3 is 0 Å². The number of aryl methyl sites for hydroxylation is 2. The lowest BCUT2D eigenvalue weighted by molar-refractivity contribution is -0.120. The van der Waals surface area contributed by atoms with Crippen LogP contribution in [0.1, 0.15) is 36.0 Å². The van der Waals surface area contributed by atoms with Gasteiger partial charge in [0.25, 0.3) is 0 Å². The fourth-order valence-electron chi connectivity index (χ4n) is 2.99. The number of carbonyl (C=O) groups is 1. The molecule has 0 spiro atoms. The van der Waals surface area contributed by atoms with E-state index < -0.39 is 0 Å². The van der Waals surface area contributed by atoms with Crippen molar-refractivity contribution in [2.45, 2.75) is 39.5 Å². The van der Waals surface area contributed by atoms with Crippen molar-refractivity contribution in [3.63, 3.8) is 0 Å². The van der Waals surface area contributed by atoms with Crippen molar-refractivity contribution in [1.82, 2.24) is 5.32 Å². The molecule has 0 aliphatic heterocycles. The summed E-state index contributed by atoms with van der Waals surface area (Å²) in [5.74, 6) is 1.53. The molecule has 3 heteroatoms. The van der Waals surface area contributed by atoms with Gasteiger partial charge in [-0.3, -0.25) is 4.79 Å². The summed E-state index contributed by atoms with van der Waals surface area (Å²) in [4.78, 5) is 12.0. The highest BCUT2D eigenvalue weighted by Crippen LogP contribution is 2.32. The number of halogens is 1. The topological polar surface area (TPSA) is 29.1 Å². The zero-order valence-corrected chi connectivity index (χ0v) is 14.0. The molecular formula is C17H24BrNO. The molecule has 1 amide bonds. The normalized spacial score (nSPS) is 21.9. The van der Waals surface area contributed by atoms with Crippen LogP contribution in [0, 0.1) is 25.7 Å². The highest BCUT2D eigenvalue weighted by atomic mass is 79.9. The molecule has 20 heavy (non-hydrogen) atoms. The number of hydrogen-bond acceptors (Lipinski definition) is 1. The van der Waals surface area contributed by atoms with Crippen LogP contribution in [0.4, 0.5) is 0 Å². The van der Waals surface area contributed by atoms with Crippen LogP contribution in [0.3, 0.4) is 0 Å². The number of carbonyl (C=O) groups excluding carboxylic acids is 1. The van der Waals surface area contributed by atoms with E-state index in [9.17, 15) is 4.79 Å². The van der Waals surface area contributed by atoms with Gasteiger partial charge in [-0.05, 0) is 55.2 Å². The molecule has 0 radical (unpaired) electrons. The molecule has 2 unspecified atom stereocenters. The Morgan fingerprint density at radius 3 is 2.70 bits per heavy atom. The van der Waals surface area contributed by atoms with E-state index in [-0.39, 0.29) is 5.91 Å². The Hall–Kier alpha value is -0.830. The highest BCUT2D eigenvalue weighted by Gasteiger charge is 2.26. The predicted molar refractivity (Wildman–Crippen MR) is 87.3 cm³/mol. The Labute approximate surface area is 130 Å².